The quantitative estimate of drug-likeness (QED) is 0.697. The van der Waals surface area contributed by atoms with Gasteiger partial charge < -0.3 is 15.5 Å². The highest BCUT2D eigenvalue weighted by Gasteiger charge is 2.14. The van der Waals surface area contributed by atoms with E-state index in [0.29, 0.717) is 17.7 Å². The van der Waals surface area contributed by atoms with Crippen LogP contribution >= 0.6 is 0 Å². The predicted molar refractivity (Wildman–Crippen MR) is 74.7 cm³/mol. The van der Waals surface area contributed by atoms with Gasteiger partial charge in [-0.3, -0.25) is 0 Å². The molecule has 1 aromatic rings. The summed E-state index contributed by atoms with van der Waals surface area (Å²) >= 11 is 0. The van der Waals surface area contributed by atoms with E-state index in [2.05, 4.69) is 26.1 Å². The maximum absolute atomic E-state index is 9.27. The molecule has 0 aliphatic rings. The van der Waals surface area contributed by atoms with E-state index in [1.54, 1.807) is 12.1 Å². The van der Waals surface area contributed by atoms with E-state index >= 15 is 0 Å². The summed E-state index contributed by atoms with van der Waals surface area (Å²) in [5.74, 6) is 0.746. The van der Waals surface area contributed by atoms with Gasteiger partial charge in [0.05, 0.1) is 6.61 Å². The Labute approximate surface area is 110 Å². The van der Waals surface area contributed by atoms with Crippen LogP contribution in [0.5, 0.6) is 5.75 Å². The Morgan fingerprint density at radius 2 is 1.72 bits per heavy atom. The Morgan fingerprint density at radius 1 is 1.11 bits per heavy atom. The third kappa shape index (κ3) is 5.07. The molecule has 1 aromatic carbocycles. The predicted octanol–water partition coefficient (Wildman–Crippen LogP) is 2.32. The van der Waals surface area contributed by atoms with Gasteiger partial charge in [-0.2, -0.15) is 0 Å². The fourth-order valence-corrected chi connectivity index (χ4v) is 1.95. The number of benzene rings is 1. The molecule has 0 aliphatic carbocycles. The van der Waals surface area contributed by atoms with Crippen LogP contribution in [0.25, 0.3) is 0 Å². The summed E-state index contributed by atoms with van der Waals surface area (Å²) in [6.45, 7) is 6.55. The van der Waals surface area contributed by atoms with Crippen molar-refractivity contribution in [3.8, 4) is 5.75 Å². The summed E-state index contributed by atoms with van der Waals surface area (Å²) in [6.07, 6.45) is 2.00. The van der Waals surface area contributed by atoms with E-state index in [4.69, 9.17) is 0 Å². The molecule has 1 rings (SSSR count). The third-order valence-electron chi connectivity index (χ3n) is 3.30. The number of rotatable bonds is 7. The normalized spacial score (nSPS) is 14.7. The molecule has 102 valence electrons. The smallest absolute Gasteiger partial charge is 0.115 e. The van der Waals surface area contributed by atoms with Crippen LogP contribution in [0.4, 0.5) is 0 Å². The number of hydrogen-bond donors (Lipinski definition) is 3. The Hall–Kier alpha value is -1.06. The molecular weight excluding hydrogens is 226 g/mol. The monoisotopic (exact) mass is 251 g/mol. The van der Waals surface area contributed by atoms with Crippen molar-refractivity contribution in [1.29, 1.82) is 0 Å². The second kappa shape index (κ2) is 7.39. The molecular formula is C15H25NO2. The first-order chi connectivity index (χ1) is 8.52. The van der Waals surface area contributed by atoms with Crippen molar-refractivity contribution in [1.82, 2.24) is 5.32 Å². The zero-order valence-corrected chi connectivity index (χ0v) is 11.6. The average Bonchev–Trinajstić information content (AvgIpc) is 2.35. The van der Waals surface area contributed by atoms with Crippen LogP contribution < -0.4 is 5.32 Å². The highest BCUT2D eigenvalue weighted by Crippen LogP contribution is 2.12. The van der Waals surface area contributed by atoms with Crippen molar-refractivity contribution >= 4 is 0 Å². The van der Waals surface area contributed by atoms with Crippen LogP contribution in [0.15, 0.2) is 24.3 Å². The number of phenolic OH excluding ortho intramolecular Hbond substituents is 1. The molecule has 0 saturated heterocycles. The number of aliphatic hydroxyl groups excluding tert-OH is 1. The largest absolute Gasteiger partial charge is 0.508 e. The number of nitrogens with one attached hydrogen (secondary N) is 1. The van der Waals surface area contributed by atoms with Crippen LogP contribution in [0.2, 0.25) is 0 Å². The van der Waals surface area contributed by atoms with Crippen LogP contribution in [0.1, 0.15) is 32.8 Å². The van der Waals surface area contributed by atoms with Crippen molar-refractivity contribution in [3.63, 3.8) is 0 Å². The van der Waals surface area contributed by atoms with Crippen molar-refractivity contribution in [3.05, 3.63) is 29.8 Å². The Kier molecular flexibility index (Phi) is 6.16. The highest BCUT2D eigenvalue weighted by molar-refractivity contribution is 5.25. The van der Waals surface area contributed by atoms with Gasteiger partial charge in [-0.05, 0) is 43.4 Å². The SMILES string of the molecule is CC(CCc1ccc(O)cc1)NC(CO)C(C)C. The molecule has 0 saturated carbocycles. The first-order valence-electron chi connectivity index (χ1n) is 6.67. The maximum Gasteiger partial charge on any atom is 0.115 e. The first-order valence-corrected chi connectivity index (χ1v) is 6.67. The van der Waals surface area contributed by atoms with E-state index in [9.17, 15) is 10.2 Å². The third-order valence-corrected chi connectivity index (χ3v) is 3.30. The van der Waals surface area contributed by atoms with Crippen LogP contribution in [0.3, 0.4) is 0 Å². The van der Waals surface area contributed by atoms with Gasteiger partial charge in [-0.15, -0.1) is 0 Å². The Bertz CT molecular complexity index is 335. The minimum atomic E-state index is 0.166. The number of phenols is 1. The summed E-state index contributed by atoms with van der Waals surface area (Å²) in [7, 11) is 0. The lowest BCUT2D eigenvalue weighted by Crippen LogP contribution is -2.42. The van der Waals surface area contributed by atoms with Crippen molar-refractivity contribution in [2.45, 2.75) is 45.7 Å². The van der Waals surface area contributed by atoms with Gasteiger partial charge in [0.25, 0.3) is 0 Å². The van der Waals surface area contributed by atoms with Gasteiger partial charge in [0.2, 0.25) is 0 Å². The van der Waals surface area contributed by atoms with E-state index in [1.807, 2.05) is 12.1 Å². The molecule has 2 unspecified atom stereocenters. The number of aliphatic hydroxyl groups is 1. The van der Waals surface area contributed by atoms with Gasteiger partial charge in [0, 0.05) is 12.1 Å². The highest BCUT2D eigenvalue weighted by atomic mass is 16.3. The zero-order chi connectivity index (χ0) is 13.5. The van der Waals surface area contributed by atoms with Gasteiger partial charge in [-0.1, -0.05) is 26.0 Å². The molecule has 0 aromatic heterocycles. The second-order valence-corrected chi connectivity index (χ2v) is 5.31. The molecule has 0 spiro atoms. The summed E-state index contributed by atoms with van der Waals surface area (Å²) in [6, 6.07) is 7.89. The molecule has 3 N–H and O–H groups in total. The van der Waals surface area contributed by atoms with Crippen LogP contribution in [-0.4, -0.2) is 28.9 Å². The summed E-state index contributed by atoms with van der Waals surface area (Å²) in [5.41, 5.74) is 1.23. The lowest BCUT2D eigenvalue weighted by Gasteiger charge is -2.24. The average molecular weight is 251 g/mol. The van der Waals surface area contributed by atoms with Crippen molar-refractivity contribution in [2.75, 3.05) is 6.61 Å². The molecule has 0 heterocycles. The van der Waals surface area contributed by atoms with Crippen LogP contribution in [-0.2, 0) is 6.42 Å². The zero-order valence-electron chi connectivity index (χ0n) is 11.6. The number of aryl methyl sites for hydroxylation is 1. The van der Waals surface area contributed by atoms with Crippen molar-refractivity contribution in [2.24, 2.45) is 5.92 Å². The van der Waals surface area contributed by atoms with E-state index in [0.717, 1.165) is 12.8 Å². The molecule has 2 atom stereocenters. The standard InChI is InChI=1S/C15H25NO2/c1-11(2)15(10-17)16-12(3)4-5-13-6-8-14(18)9-7-13/h6-9,11-12,15-18H,4-5,10H2,1-3H3. The van der Waals surface area contributed by atoms with E-state index in [-0.39, 0.29) is 12.6 Å². The van der Waals surface area contributed by atoms with Gasteiger partial charge in [0.1, 0.15) is 5.75 Å². The molecule has 18 heavy (non-hydrogen) atoms. The molecule has 0 aliphatic heterocycles. The number of hydrogen-bond acceptors (Lipinski definition) is 3. The summed E-state index contributed by atoms with van der Waals surface area (Å²) < 4.78 is 0. The summed E-state index contributed by atoms with van der Waals surface area (Å²) in [5, 5.41) is 21.9. The minimum Gasteiger partial charge on any atom is -0.508 e. The molecule has 0 amide bonds. The topological polar surface area (TPSA) is 52.5 Å². The maximum atomic E-state index is 9.27. The molecule has 3 heteroatoms. The Morgan fingerprint density at radius 3 is 2.22 bits per heavy atom. The molecule has 3 nitrogen and oxygen atoms in total. The fraction of sp³-hybridized carbons (Fsp3) is 0.600. The van der Waals surface area contributed by atoms with Gasteiger partial charge in [0.15, 0.2) is 0 Å². The van der Waals surface area contributed by atoms with Gasteiger partial charge in [-0.25, -0.2) is 0 Å². The first kappa shape index (κ1) is 15.0. The summed E-state index contributed by atoms with van der Waals surface area (Å²) in [4.78, 5) is 0. The molecule has 0 bridgehead atoms. The van der Waals surface area contributed by atoms with E-state index < -0.39 is 0 Å². The molecule has 0 radical (unpaired) electrons. The van der Waals surface area contributed by atoms with Gasteiger partial charge >= 0.3 is 0 Å². The van der Waals surface area contributed by atoms with Crippen molar-refractivity contribution < 1.29 is 10.2 Å². The van der Waals surface area contributed by atoms with E-state index in [1.165, 1.54) is 5.56 Å². The fourth-order valence-electron chi connectivity index (χ4n) is 1.95. The number of aromatic hydroxyl groups is 1. The lowest BCUT2D eigenvalue weighted by molar-refractivity contribution is 0.199. The lowest BCUT2D eigenvalue weighted by atomic mass is 10.0. The second-order valence-electron chi connectivity index (χ2n) is 5.31. The Balaban J connectivity index is 2.36. The van der Waals surface area contributed by atoms with Crippen LogP contribution in [0, 0.1) is 5.92 Å². The minimum absolute atomic E-state index is 0.166. The molecule has 0 fully saturated rings.